The van der Waals surface area contributed by atoms with Crippen LogP contribution in [0.15, 0.2) is 46.3 Å². The van der Waals surface area contributed by atoms with Crippen LogP contribution >= 0.6 is 0 Å². The smallest absolute Gasteiger partial charge is 0.290 e. The summed E-state index contributed by atoms with van der Waals surface area (Å²) in [5.41, 5.74) is 13.5. The number of fused-ring (bicyclic) bond motifs is 3. The van der Waals surface area contributed by atoms with E-state index in [0.29, 0.717) is 11.1 Å². The second-order valence-corrected chi connectivity index (χ2v) is 7.48. The Balaban J connectivity index is 0.000000758. The normalized spacial score (nSPS) is 13.3. The maximum atomic E-state index is 12.5. The Hall–Kier alpha value is -3.20. The molecule has 8 nitrogen and oxygen atoms in total. The molecule has 1 heterocycles. The number of aryl methyl sites for hydroxylation is 1. The van der Waals surface area contributed by atoms with Gasteiger partial charge in [-0.25, -0.2) is 8.42 Å². The van der Waals surface area contributed by atoms with Crippen LogP contribution in [0.2, 0.25) is 0 Å². The first-order chi connectivity index (χ1) is 12.2. The summed E-state index contributed by atoms with van der Waals surface area (Å²) in [6.45, 7) is 1.47. The highest BCUT2D eigenvalue weighted by atomic mass is 32.2. The maximum absolute atomic E-state index is 12.5. The van der Waals surface area contributed by atoms with Gasteiger partial charge in [-0.2, -0.15) is 4.99 Å². The number of hydrogen-bond donors (Lipinski definition) is 3. The summed E-state index contributed by atoms with van der Waals surface area (Å²) in [7, 11) is -3.52. The molecule has 0 atom stereocenters. The zero-order valence-corrected chi connectivity index (χ0v) is 14.7. The largest absolute Gasteiger partial charge is 0.483 e. The van der Waals surface area contributed by atoms with Crippen LogP contribution in [-0.4, -0.2) is 31.9 Å². The number of carboxylic acid groups (broad SMARTS) is 1. The molecule has 0 aromatic heterocycles. The van der Waals surface area contributed by atoms with Crippen molar-refractivity contribution in [2.24, 2.45) is 16.5 Å². The number of aliphatic imine (C=N–C) groups is 1. The number of guanidine groups is 1. The minimum absolute atomic E-state index is 0.0881. The lowest BCUT2D eigenvalue weighted by atomic mass is 9.96. The molecule has 1 aliphatic heterocycles. The average Bonchev–Trinajstić information content (AvgIpc) is 2.54. The predicted molar refractivity (Wildman–Crippen MR) is 96.3 cm³/mol. The van der Waals surface area contributed by atoms with Crippen LogP contribution < -0.4 is 11.5 Å². The fourth-order valence-electron chi connectivity index (χ4n) is 2.76. The molecule has 0 radical (unpaired) electrons. The number of carbonyl (C=O) groups excluding carboxylic acids is 1. The van der Waals surface area contributed by atoms with Gasteiger partial charge in [0.1, 0.15) is 0 Å². The fraction of sp³-hybridized carbons (Fsp3) is 0.118. The molecule has 3 rings (SSSR count). The van der Waals surface area contributed by atoms with Crippen molar-refractivity contribution in [3.8, 4) is 11.1 Å². The summed E-state index contributed by atoms with van der Waals surface area (Å²) >= 11 is 0. The zero-order chi connectivity index (χ0) is 19.5. The zero-order valence-electron chi connectivity index (χ0n) is 13.8. The Kier molecular flexibility index (Phi) is 5.41. The van der Waals surface area contributed by atoms with Gasteiger partial charge < -0.3 is 16.6 Å². The molecule has 1 amide bonds. The van der Waals surface area contributed by atoms with Crippen molar-refractivity contribution in [1.82, 2.24) is 0 Å². The standard InChI is InChI=1S/C16H15N3O3S.CH2O2/c1-9-6-13-11-5-3-2-4-10(11)8-23(21,22)14(13)7-12(9)15(20)19-16(17)18;2-1-3/h2-7H,8H2,1H3,(H4,17,18,19,20);1H,(H,2,3). The molecule has 2 aromatic carbocycles. The lowest BCUT2D eigenvalue weighted by molar-refractivity contribution is -0.122. The van der Waals surface area contributed by atoms with E-state index < -0.39 is 15.7 Å². The summed E-state index contributed by atoms with van der Waals surface area (Å²) in [5.74, 6) is -1.10. The third kappa shape index (κ3) is 3.72. The maximum Gasteiger partial charge on any atom is 0.290 e. The minimum Gasteiger partial charge on any atom is -0.483 e. The van der Waals surface area contributed by atoms with Crippen LogP contribution in [0, 0.1) is 6.92 Å². The van der Waals surface area contributed by atoms with Crippen molar-refractivity contribution >= 4 is 28.2 Å². The lowest BCUT2D eigenvalue weighted by Gasteiger charge is -2.21. The Morgan fingerprint density at radius 3 is 2.42 bits per heavy atom. The van der Waals surface area contributed by atoms with E-state index in [1.807, 2.05) is 18.2 Å². The molecule has 0 bridgehead atoms. The fourth-order valence-corrected chi connectivity index (χ4v) is 4.37. The van der Waals surface area contributed by atoms with Gasteiger partial charge in [-0.05, 0) is 35.7 Å². The number of rotatable bonds is 1. The summed E-state index contributed by atoms with van der Waals surface area (Å²) in [6, 6.07) is 10.4. The highest BCUT2D eigenvalue weighted by molar-refractivity contribution is 7.90. The molecule has 1 aliphatic rings. The van der Waals surface area contributed by atoms with E-state index >= 15 is 0 Å². The molecule has 0 unspecified atom stereocenters. The molecule has 0 saturated carbocycles. The number of nitrogens with zero attached hydrogens (tertiary/aromatic N) is 1. The van der Waals surface area contributed by atoms with Crippen LogP contribution in [0.1, 0.15) is 21.5 Å². The van der Waals surface area contributed by atoms with Gasteiger partial charge in [-0.3, -0.25) is 9.59 Å². The van der Waals surface area contributed by atoms with Crippen LogP contribution in [0.4, 0.5) is 0 Å². The van der Waals surface area contributed by atoms with Gasteiger partial charge in [0.05, 0.1) is 10.6 Å². The van der Waals surface area contributed by atoms with Crippen molar-refractivity contribution < 1.29 is 23.1 Å². The van der Waals surface area contributed by atoms with Gasteiger partial charge >= 0.3 is 0 Å². The quantitative estimate of drug-likeness (QED) is 0.383. The van der Waals surface area contributed by atoms with Gasteiger partial charge in [0.15, 0.2) is 15.8 Å². The summed E-state index contributed by atoms with van der Waals surface area (Å²) in [4.78, 5) is 24.1. The molecular formula is C17H17N3O5S. The monoisotopic (exact) mass is 375 g/mol. The summed E-state index contributed by atoms with van der Waals surface area (Å²) in [5, 5.41) is 6.89. The van der Waals surface area contributed by atoms with Crippen molar-refractivity contribution in [1.29, 1.82) is 0 Å². The van der Waals surface area contributed by atoms with E-state index in [2.05, 4.69) is 4.99 Å². The summed E-state index contributed by atoms with van der Waals surface area (Å²) < 4.78 is 25.1. The molecule has 2 aromatic rings. The van der Waals surface area contributed by atoms with E-state index in [9.17, 15) is 13.2 Å². The molecular weight excluding hydrogens is 358 g/mol. The van der Waals surface area contributed by atoms with Crippen LogP contribution in [-0.2, 0) is 20.4 Å². The Morgan fingerprint density at radius 1 is 1.19 bits per heavy atom. The van der Waals surface area contributed by atoms with Crippen molar-refractivity contribution in [3.05, 3.63) is 53.1 Å². The molecule has 0 aliphatic carbocycles. The third-order valence-electron chi connectivity index (χ3n) is 3.78. The number of benzene rings is 2. The van der Waals surface area contributed by atoms with E-state index in [1.165, 1.54) is 6.07 Å². The molecule has 9 heteroatoms. The van der Waals surface area contributed by atoms with E-state index in [1.54, 1.807) is 19.1 Å². The van der Waals surface area contributed by atoms with E-state index in [4.69, 9.17) is 21.4 Å². The third-order valence-corrected chi connectivity index (χ3v) is 5.47. The number of amides is 1. The Labute approximate surface area is 150 Å². The molecule has 0 saturated heterocycles. The number of sulfone groups is 1. The minimum atomic E-state index is -3.52. The van der Waals surface area contributed by atoms with Crippen LogP contribution in [0.5, 0.6) is 0 Å². The van der Waals surface area contributed by atoms with E-state index in [0.717, 1.165) is 11.1 Å². The predicted octanol–water partition coefficient (Wildman–Crippen LogP) is 1.06. The molecule has 0 fully saturated rings. The molecule has 0 spiro atoms. The Bertz CT molecular complexity index is 1010. The van der Waals surface area contributed by atoms with Gasteiger partial charge in [-0.1, -0.05) is 24.3 Å². The lowest BCUT2D eigenvalue weighted by Crippen LogP contribution is -2.24. The molecule has 136 valence electrons. The van der Waals surface area contributed by atoms with Gasteiger partial charge in [0, 0.05) is 11.1 Å². The van der Waals surface area contributed by atoms with Gasteiger partial charge in [0.25, 0.3) is 12.4 Å². The average molecular weight is 375 g/mol. The van der Waals surface area contributed by atoms with Crippen molar-refractivity contribution in [2.45, 2.75) is 17.6 Å². The summed E-state index contributed by atoms with van der Waals surface area (Å²) in [6.07, 6.45) is 0. The topological polar surface area (TPSA) is 153 Å². The molecule has 5 N–H and O–H groups in total. The highest BCUT2D eigenvalue weighted by Crippen LogP contribution is 2.39. The van der Waals surface area contributed by atoms with Crippen LogP contribution in [0.25, 0.3) is 11.1 Å². The second-order valence-electron chi connectivity index (χ2n) is 5.53. The number of carbonyl (C=O) groups is 2. The first-order valence-corrected chi connectivity index (χ1v) is 9.04. The molecule has 26 heavy (non-hydrogen) atoms. The van der Waals surface area contributed by atoms with Crippen LogP contribution in [0.3, 0.4) is 0 Å². The first-order valence-electron chi connectivity index (χ1n) is 7.38. The van der Waals surface area contributed by atoms with Gasteiger partial charge in [-0.15, -0.1) is 0 Å². The van der Waals surface area contributed by atoms with Gasteiger partial charge in [0.2, 0.25) is 0 Å². The van der Waals surface area contributed by atoms with E-state index in [-0.39, 0.29) is 28.6 Å². The van der Waals surface area contributed by atoms with Crippen molar-refractivity contribution in [3.63, 3.8) is 0 Å². The van der Waals surface area contributed by atoms with Crippen molar-refractivity contribution in [2.75, 3.05) is 0 Å². The number of nitrogens with two attached hydrogens (primary N) is 2. The Morgan fingerprint density at radius 2 is 1.81 bits per heavy atom. The first kappa shape index (κ1) is 19.1. The number of hydrogen-bond acceptors (Lipinski definition) is 4. The highest BCUT2D eigenvalue weighted by Gasteiger charge is 2.29. The second kappa shape index (κ2) is 7.36. The SMILES string of the molecule is Cc1cc2c(cc1C(=O)N=C(N)N)S(=O)(=O)Cc1ccccc1-2.O=CO.